The summed E-state index contributed by atoms with van der Waals surface area (Å²) < 4.78 is 24.2. The third kappa shape index (κ3) is 5.22. The fourth-order valence-corrected chi connectivity index (χ4v) is 2.50. The molecule has 1 heterocycles. The second kappa shape index (κ2) is 5.97. The number of rotatable bonds is 6. The largest absolute Gasteiger partial charge is 0.392 e. The van der Waals surface area contributed by atoms with E-state index >= 15 is 0 Å². The highest BCUT2D eigenvalue weighted by atomic mass is 32.2. The first-order valence-electron chi connectivity index (χ1n) is 5.12. The summed E-state index contributed by atoms with van der Waals surface area (Å²) in [5, 5.41) is 5.06. The monoisotopic (exact) mass is 305 g/mol. The minimum atomic E-state index is -3.44. The summed E-state index contributed by atoms with van der Waals surface area (Å²) in [6, 6.07) is 0. The summed E-state index contributed by atoms with van der Waals surface area (Å²) >= 11 is 0.983. The molecule has 19 heavy (non-hydrogen) atoms. The molecule has 0 aliphatic heterocycles. The van der Waals surface area contributed by atoms with Crippen LogP contribution in [-0.2, 0) is 19.7 Å². The molecule has 0 aliphatic rings. The molecule has 1 rings (SSSR count). The van der Waals surface area contributed by atoms with Crippen LogP contribution in [0.15, 0.2) is 10.5 Å². The van der Waals surface area contributed by atoms with Gasteiger partial charge in [-0.1, -0.05) is 5.16 Å². The topological polar surface area (TPSA) is 122 Å². The number of aromatic nitrogens is 1. The number of hydrogen-bond acceptors (Lipinski definition) is 7. The molecule has 0 unspecified atom stereocenters. The van der Waals surface area contributed by atoms with Gasteiger partial charge in [0.1, 0.15) is 11.8 Å². The molecule has 0 fully saturated rings. The SMILES string of the molecule is CC(C)O/N=C(/C([NH])=O)c1csc(NS(C)(=O)=O)n1. The smallest absolute Gasteiger partial charge is 0.294 e. The lowest BCUT2D eigenvalue weighted by Gasteiger charge is -2.03. The Kier molecular flexibility index (Phi) is 4.84. The van der Waals surface area contributed by atoms with Gasteiger partial charge >= 0.3 is 0 Å². The molecule has 0 saturated carbocycles. The summed E-state index contributed by atoms with van der Waals surface area (Å²) in [4.78, 5) is 19.9. The highest BCUT2D eigenvalue weighted by Gasteiger charge is 2.17. The van der Waals surface area contributed by atoms with Gasteiger partial charge in [-0.15, -0.1) is 11.3 Å². The number of anilines is 1. The van der Waals surface area contributed by atoms with Crippen LogP contribution in [0.3, 0.4) is 0 Å². The average Bonchev–Trinajstić information content (AvgIpc) is 2.62. The minimum absolute atomic E-state index is 0.0935. The molecular weight excluding hydrogens is 292 g/mol. The van der Waals surface area contributed by atoms with E-state index in [1.807, 2.05) is 0 Å². The highest BCUT2D eigenvalue weighted by Crippen LogP contribution is 2.17. The molecule has 1 amide bonds. The summed E-state index contributed by atoms with van der Waals surface area (Å²) in [6.45, 7) is 3.43. The third-order valence-corrected chi connectivity index (χ3v) is 3.04. The second-order valence-electron chi connectivity index (χ2n) is 3.84. The summed E-state index contributed by atoms with van der Waals surface area (Å²) in [5.74, 6) is -1.06. The van der Waals surface area contributed by atoms with Gasteiger partial charge in [0.15, 0.2) is 10.8 Å². The normalized spacial score (nSPS) is 12.5. The molecule has 1 aromatic rings. The van der Waals surface area contributed by atoms with Gasteiger partial charge in [-0.05, 0) is 13.8 Å². The summed E-state index contributed by atoms with van der Waals surface area (Å²) in [5.41, 5.74) is 6.90. The van der Waals surface area contributed by atoms with Gasteiger partial charge in [-0.25, -0.2) is 13.4 Å². The first kappa shape index (κ1) is 15.4. The standard InChI is InChI=1S/C9H13N4O4S2/c1-5(2)17-12-7(8(10)14)6-4-18-9(11-6)13-19(3,15)16/h4-5,10H,1-3H3,(H,11,13)/b12-7+. The Bertz CT molecular complexity index is 591. The van der Waals surface area contributed by atoms with Crippen molar-refractivity contribution in [3.63, 3.8) is 0 Å². The maximum absolute atomic E-state index is 11.1. The maximum Gasteiger partial charge on any atom is 0.294 e. The van der Waals surface area contributed by atoms with Crippen molar-refractivity contribution in [3.8, 4) is 0 Å². The highest BCUT2D eigenvalue weighted by molar-refractivity contribution is 7.92. The average molecular weight is 305 g/mol. The van der Waals surface area contributed by atoms with Crippen LogP contribution in [0, 0.1) is 0 Å². The molecule has 0 bridgehead atoms. The molecule has 0 aliphatic carbocycles. The van der Waals surface area contributed by atoms with E-state index in [1.165, 1.54) is 5.38 Å². The molecule has 0 spiro atoms. The van der Waals surface area contributed by atoms with E-state index in [0.29, 0.717) is 0 Å². The van der Waals surface area contributed by atoms with E-state index < -0.39 is 15.9 Å². The van der Waals surface area contributed by atoms with Gasteiger partial charge in [-0.2, -0.15) is 0 Å². The van der Waals surface area contributed by atoms with Gasteiger partial charge in [-0.3, -0.25) is 15.3 Å². The van der Waals surface area contributed by atoms with Crippen molar-refractivity contribution in [2.45, 2.75) is 20.0 Å². The fourth-order valence-electron chi connectivity index (χ4n) is 0.951. The molecule has 1 aromatic heterocycles. The van der Waals surface area contributed by atoms with Crippen LogP contribution in [-0.4, -0.2) is 37.4 Å². The third-order valence-electron chi connectivity index (χ3n) is 1.59. The van der Waals surface area contributed by atoms with Crippen molar-refractivity contribution >= 4 is 38.1 Å². The van der Waals surface area contributed by atoms with Crippen LogP contribution in [0.1, 0.15) is 19.5 Å². The van der Waals surface area contributed by atoms with Crippen LogP contribution in [0.5, 0.6) is 0 Å². The van der Waals surface area contributed by atoms with Gasteiger partial charge in [0.2, 0.25) is 10.0 Å². The van der Waals surface area contributed by atoms with E-state index in [9.17, 15) is 13.2 Å². The van der Waals surface area contributed by atoms with Crippen molar-refractivity contribution in [3.05, 3.63) is 11.1 Å². The van der Waals surface area contributed by atoms with E-state index in [-0.39, 0.29) is 22.6 Å². The van der Waals surface area contributed by atoms with Gasteiger partial charge in [0, 0.05) is 5.38 Å². The molecule has 0 atom stereocenters. The van der Waals surface area contributed by atoms with Crippen molar-refractivity contribution in [2.24, 2.45) is 5.16 Å². The predicted octanol–water partition coefficient (Wildman–Crippen LogP) is 0.453. The molecule has 0 saturated heterocycles. The molecule has 2 N–H and O–H groups in total. The number of sulfonamides is 1. The first-order valence-corrected chi connectivity index (χ1v) is 7.89. The Labute approximate surface area is 114 Å². The maximum atomic E-state index is 11.1. The zero-order chi connectivity index (χ0) is 14.6. The quantitative estimate of drug-likeness (QED) is 0.604. The number of amides is 1. The van der Waals surface area contributed by atoms with Crippen molar-refractivity contribution in [2.75, 3.05) is 11.0 Å². The van der Waals surface area contributed by atoms with Gasteiger partial charge in [0.25, 0.3) is 5.91 Å². The Morgan fingerprint density at radius 1 is 1.58 bits per heavy atom. The van der Waals surface area contributed by atoms with Gasteiger partial charge in [0.05, 0.1) is 6.26 Å². The van der Waals surface area contributed by atoms with E-state index in [4.69, 9.17) is 10.6 Å². The Morgan fingerprint density at radius 3 is 2.68 bits per heavy atom. The molecule has 105 valence electrons. The molecule has 10 heteroatoms. The number of carbonyl (C=O) groups excluding carboxylic acids is 1. The Balaban J connectivity index is 2.99. The molecule has 1 radical (unpaired) electrons. The van der Waals surface area contributed by atoms with Crippen LogP contribution >= 0.6 is 11.3 Å². The summed E-state index contributed by atoms with van der Waals surface area (Å²) in [6.07, 6.45) is 0.738. The molecule has 8 nitrogen and oxygen atoms in total. The van der Waals surface area contributed by atoms with Crippen LogP contribution < -0.4 is 10.5 Å². The molecular formula is C9H13N4O4S2. The lowest BCUT2D eigenvalue weighted by atomic mass is 10.3. The van der Waals surface area contributed by atoms with Crippen molar-refractivity contribution in [1.29, 1.82) is 0 Å². The van der Waals surface area contributed by atoms with E-state index in [2.05, 4.69) is 14.9 Å². The first-order chi connectivity index (χ1) is 8.69. The zero-order valence-electron chi connectivity index (χ0n) is 10.5. The number of thiazole rings is 1. The van der Waals surface area contributed by atoms with Crippen molar-refractivity contribution in [1.82, 2.24) is 10.7 Å². The predicted molar refractivity (Wildman–Crippen MR) is 71.4 cm³/mol. The Morgan fingerprint density at radius 2 is 2.21 bits per heavy atom. The Hall–Kier alpha value is -1.68. The van der Waals surface area contributed by atoms with Crippen LogP contribution in [0.2, 0.25) is 0 Å². The zero-order valence-corrected chi connectivity index (χ0v) is 12.1. The lowest BCUT2D eigenvalue weighted by molar-refractivity contribution is -0.112. The number of nitrogens with one attached hydrogen (secondary N) is 2. The lowest BCUT2D eigenvalue weighted by Crippen LogP contribution is -2.18. The van der Waals surface area contributed by atoms with E-state index in [0.717, 1.165) is 17.6 Å². The van der Waals surface area contributed by atoms with Crippen LogP contribution in [0.25, 0.3) is 0 Å². The summed E-state index contributed by atoms with van der Waals surface area (Å²) in [7, 11) is -3.44. The second-order valence-corrected chi connectivity index (χ2v) is 6.44. The molecule has 0 aromatic carbocycles. The number of oxime groups is 1. The number of nitrogens with zero attached hydrogens (tertiary/aromatic N) is 2. The van der Waals surface area contributed by atoms with Crippen LogP contribution in [0.4, 0.5) is 5.13 Å². The van der Waals surface area contributed by atoms with Crippen molar-refractivity contribution < 1.29 is 18.0 Å². The fraction of sp³-hybridized carbons (Fsp3) is 0.444. The minimum Gasteiger partial charge on any atom is -0.392 e. The van der Waals surface area contributed by atoms with Gasteiger partial charge < -0.3 is 4.84 Å². The number of carbonyl (C=O) groups is 1. The van der Waals surface area contributed by atoms with E-state index in [1.54, 1.807) is 13.8 Å². The number of hydrogen-bond donors (Lipinski definition) is 1.